The first-order chi connectivity index (χ1) is 22.3. The number of rotatable bonds is 9. The SMILES string of the molecule is C=C/C=C\CC[C@H]1O[C@H]2CC[C@@]3(C)O[C@H]4[C@@H](O)C[C@@]5(C)O[C@@H](CC/C=C(C)/C(C)=C/C=O)[C@@H](C)C[C@@H]5O[C@@H]4C[C@@H]3O[C@@H]2CC[C@]1(C)O. The average molecular weight is 657 g/mol. The first-order valence-electron chi connectivity index (χ1n) is 18.1. The van der Waals surface area contributed by atoms with Crippen molar-refractivity contribution in [2.24, 2.45) is 5.92 Å². The van der Waals surface area contributed by atoms with E-state index >= 15 is 0 Å². The number of carbonyl (C=O) groups is 1. The van der Waals surface area contributed by atoms with Crippen LogP contribution in [0, 0.1) is 5.92 Å². The van der Waals surface area contributed by atoms with Gasteiger partial charge in [0.1, 0.15) is 12.4 Å². The molecule has 0 aromatic heterocycles. The Morgan fingerprint density at radius 3 is 2.34 bits per heavy atom. The molecule has 0 radical (unpaired) electrons. The van der Waals surface area contributed by atoms with Crippen LogP contribution in [0.4, 0.5) is 0 Å². The van der Waals surface area contributed by atoms with Gasteiger partial charge in [-0.2, -0.15) is 0 Å². The molecule has 0 amide bonds. The molecule has 264 valence electrons. The molecule has 0 unspecified atom stereocenters. The van der Waals surface area contributed by atoms with Crippen LogP contribution in [0.25, 0.3) is 0 Å². The molecule has 0 aromatic carbocycles. The molecule has 5 fully saturated rings. The lowest BCUT2D eigenvalue weighted by atomic mass is 9.79. The van der Waals surface area contributed by atoms with Crippen molar-refractivity contribution in [3.63, 3.8) is 0 Å². The predicted molar refractivity (Wildman–Crippen MR) is 182 cm³/mol. The smallest absolute Gasteiger partial charge is 0.143 e. The van der Waals surface area contributed by atoms with Gasteiger partial charge in [0.15, 0.2) is 0 Å². The van der Waals surface area contributed by atoms with Crippen LogP contribution in [-0.2, 0) is 28.5 Å². The highest BCUT2D eigenvalue weighted by atomic mass is 16.6. The lowest BCUT2D eigenvalue weighted by Gasteiger charge is -2.49. The van der Waals surface area contributed by atoms with Crippen LogP contribution in [0.15, 0.2) is 48.1 Å². The van der Waals surface area contributed by atoms with Crippen molar-refractivity contribution in [1.82, 2.24) is 0 Å². The van der Waals surface area contributed by atoms with Crippen molar-refractivity contribution in [3.05, 3.63) is 48.1 Å². The zero-order valence-corrected chi connectivity index (χ0v) is 29.6. The van der Waals surface area contributed by atoms with E-state index in [-0.39, 0.29) is 42.7 Å². The molecular weight excluding hydrogens is 596 g/mol. The fourth-order valence-electron chi connectivity index (χ4n) is 8.63. The minimum atomic E-state index is -0.926. The Kier molecular flexibility index (Phi) is 11.7. The Bertz CT molecular complexity index is 1190. The predicted octanol–water partition coefficient (Wildman–Crippen LogP) is 6.48. The monoisotopic (exact) mass is 656 g/mol. The fourth-order valence-corrected chi connectivity index (χ4v) is 8.63. The minimum Gasteiger partial charge on any atom is -0.390 e. The highest BCUT2D eigenvalue weighted by Crippen LogP contribution is 2.49. The molecule has 47 heavy (non-hydrogen) atoms. The van der Waals surface area contributed by atoms with E-state index < -0.39 is 29.0 Å². The third-order valence-electron chi connectivity index (χ3n) is 11.9. The number of aliphatic hydroxyl groups excluding tert-OH is 1. The Morgan fingerprint density at radius 1 is 0.894 bits per heavy atom. The standard InChI is InChI=1S/C39H60O8/c1-8-9-10-11-15-33-37(5,42)19-16-30-31(43-33)17-20-38(6)35(44-30)23-32-36(47-38)28(41)24-39(7)34(45-32)22-27(4)29(46-39)14-12-13-25(2)26(3)18-21-40/h8-10,13,18,21,27-36,41-42H,1,11-12,14-17,19-20,22-24H2,2-7H3/b10-9-,25-13+,26-18+/t27-,28-,29-,30+,31-,32+,33+,34-,35-,36-,37-,38+,39+/m0/s1. The number of hydrogen-bond acceptors (Lipinski definition) is 8. The van der Waals surface area contributed by atoms with Gasteiger partial charge in [-0.3, -0.25) is 4.79 Å². The summed E-state index contributed by atoms with van der Waals surface area (Å²) >= 11 is 0. The molecule has 0 spiro atoms. The zero-order chi connectivity index (χ0) is 34.0. The second-order valence-electron chi connectivity index (χ2n) is 15.7. The largest absolute Gasteiger partial charge is 0.390 e. The van der Waals surface area contributed by atoms with Crippen molar-refractivity contribution in [3.8, 4) is 0 Å². The van der Waals surface area contributed by atoms with Crippen molar-refractivity contribution in [2.45, 2.75) is 184 Å². The van der Waals surface area contributed by atoms with Crippen LogP contribution in [0.1, 0.15) is 112 Å². The highest BCUT2D eigenvalue weighted by Gasteiger charge is 2.58. The highest BCUT2D eigenvalue weighted by molar-refractivity contribution is 5.67. The molecule has 8 heteroatoms. The summed E-state index contributed by atoms with van der Waals surface area (Å²) in [6.07, 6.45) is 16.0. The Balaban J connectivity index is 1.26. The molecule has 0 aliphatic carbocycles. The maximum atomic E-state index is 11.7. The Morgan fingerprint density at radius 2 is 1.60 bits per heavy atom. The summed E-state index contributed by atoms with van der Waals surface area (Å²) in [4.78, 5) is 10.9. The summed E-state index contributed by atoms with van der Waals surface area (Å²) < 4.78 is 34.2. The van der Waals surface area contributed by atoms with E-state index in [4.69, 9.17) is 23.7 Å². The van der Waals surface area contributed by atoms with Gasteiger partial charge in [0.25, 0.3) is 0 Å². The van der Waals surface area contributed by atoms with Gasteiger partial charge in [-0.1, -0.05) is 43.4 Å². The molecule has 5 heterocycles. The van der Waals surface area contributed by atoms with Crippen LogP contribution in [-0.4, -0.2) is 88.2 Å². The van der Waals surface area contributed by atoms with E-state index in [1.807, 2.05) is 26.8 Å². The number of hydrogen-bond donors (Lipinski definition) is 2. The van der Waals surface area contributed by atoms with Crippen LogP contribution >= 0.6 is 0 Å². The van der Waals surface area contributed by atoms with Crippen LogP contribution in [0.2, 0.25) is 0 Å². The lowest BCUT2D eigenvalue weighted by Crippen LogP contribution is -2.59. The maximum absolute atomic E-state index is 11.7. The van der Waals surface area contributed by atoms with E-state index in [1.165, 1.54) is 0 Å². The summed E-state index contributed by atoms with van der Waals surface area (Å²) in [7, 11) is 0. The van der Waals surface area contributed by atoms with Gasteiger partial charge in [-0.05, 0) is 110 Å². The van der Waals surface area contributed by atoms with Crippen molar-refractivity contribution >= 4 is 6.29 Å². The molecule has 5 aliphatic rings. The van der Waals surface area contributed by atoms with E-state index in [0.717, 1.165) is 68.8 Å². The zero-order valence-electron chi connectivity index (χ0n) is 29.6. The summed E-state index contributed by atoms with van der Waals surface area (Å²) in [6.45, 7) is 16.1. The van der Waals surface area contributed by atoms with Gasteiger partial charge in [0.2, 0.25) is 0 Å². The first kappa shape index (κ1) is 36.6. The van der Waals surface area contributed by atoms with E-state index in [2.05, 4.69) is 39.5 Å². The molecule has 13 atom stereocenters. The summed E-state index contributed by atoms with van der Waals surface area (Å²) in [5.74, 6) is 0.294. The van der Waals surface area contributed by atoms with Crippen LogP contribution in [0.3, 0.4) is 0 Å². The number of allylic oxidation sites excluding steroid dienone is 7. The van der Waals surface area contributed by atoms with Crippen LogP contribution < -0.4 is 0 Å². The molecule has 5 rings (SSSR count). The van der Waals surface area contributed by atoms with Gasteiger partial charge < -0.3 is 33.9 Å². The fraction of sp³-hybridized carbons (Fsp3) is 0.769. The number of carbonyl (C=O) groups excluding carboxylic acids is 1. The average Bonchev–Trinajstić information content (AvgIpc) is 3.27. The van der Waals surface area contributed by atoms with E-state index in [0.29, 0.717) is 25.2 Å². The summed E-state index contributed by atoms with van der Waals surface area (Å²) in [5, 5.41) is 23.0. The van der Waals surface area contributed by atoms with Crippen molar-refractivity contribution in [2.75, 3.05) is 0 Å². The third kappa shape index (κ3) is 8.22. The van der Waals surface area contributed by atoms with Crippen molar-refractivity contribution in [1.29, 1.82) is 0 Å². The third-order valence-corrected chi connectivity index (χ3v) is 11.9. The van der Waals surface area contributed by atoms with Gasteiger partial charge in [0, 0.05) is 12.8 Å². The van der Waals surface area contributed by atoms with Gasteiger partial charge in [0.05, 0.1) is 65.6 Å². The van der Waals surface area contributed by atoms with Crippen LogP contribution in [0.5, 0.6) is 0 Å². The first-order valence-corrected chi connectivity index (χ1v) is 18.1. The molecule has 0 bridgehead atoms. The molecule has 2 N–H and O–H groups in total. The van der Waals surface area contributed by atoms with Gasteiger partial charge in [-0.15, -0.1) is 0 Å². The maximum Gasteiger partial charge on any atom is 0.143 e. The molecule has 8 nitrogen and oxygen atoms in total. The Labute approximate surface area is 282 Å². The molecule has 5 aliphatic heterocycles. The normalized spacial score (nSPS) is 46.2. The number of fused-ring (bicyclic) bond motifs is 4. The molecule has 0 aromatic rings. The summed E-state index contributed by atoms with van der Waals surface area (Å²) in [5.41, 5.74) is -0.0535. The summed E-state index contributed by atoms with van der Waals surface area (Å²) in [6, 6.07) is 0. The minimum absolute atomic E-state index is 0.0469. The van der Waals surface area contributed by atoms with E-state index in [1.54, 1.807) is 12.2 Å². The van der Waals surface area contributed by atoms with Gasteiger partial charge in [-0.25, -0.2) is 0 Å². The second kappa shape index (κ2) is 15.1. The topological polar surface area (TPSA) is 104 Å². The van der Waals surface area contributed by atoms with Gasteiger partial charge >= 0.3 is 0 Å². The number of aliphatic hydroxyl groups is 2. The molecule has 0 saturated carbocycles. The molecule has 5 saturated heterocycles. The van der Waals surface area contributed by atoms with E-state index in [9.17, 15) is 15.0 Å². The quantitative estimate of drug-likeness (QED) is 0.165. The van der Waals surface area contributed by atoms with Crippen molar-refractivity contribution < 1.29 is 38.7 Å². The Hall–Kier alpha value is -1.65. The lowest BCUT2D eigenvalue weighted by molar-refractivity contribution is -0.273. The molecular formula is C39H60O8. The number of ether oxygens (including phenoxy) is 5. The second-order valence-corrected chi connectivity index (χ2v) is 15.7. The number of aldehydes is 1.